The Morgan fingerprint density at radius 2 is 1.58 bits per heavy atom. The van der Waals surface area contributed by atoms with Gasteiger partial charge in [0.2, 0.25) is 5.91 Å². The number of carbonyl (C=O) groups excluding carboxylic acids is 2. The standard InChI is InChI=1S/C38H39ClN2O4/c1-7-40(22-29-18-25(3)37(26(4)19-29)45-23-28-10-8-9-24(2)17-28)36(42)21-33-27(5)41(35-16-15-32(44-6)20-34(33)35)38(43)30-11-13-31(39)14-12-30/h8-20H,7,21-23H2,1-6H3. The minimum atomic E-state index is -0.180. The molecule has 232 valence electrons. The van der Waals surface area contributed by atoms with Gasteiger partial charge in [0.25, 0.3) is 5.91 Å². The molecule has 7 heteroatoms. The summed E-state index contributed by atoms with van der Waals surface area (Å²) in [4.78, 5) is 29.4. The van der Waals surface area contributed by atoms with Gasteiger partial charge in [0.1, 0.15) is 18.1 Å². The molecule has 0 fully saturated rings. The molecule has 5 rings (SSSR count). The number of hydrogen-bond acceptors (Lipinski definition) is 4. The van der Waals surface area contributed by atoms with Crippen molar-refractivity contribution in [1.82, 2.24) is 9.47 Å². The Morgan fingerprint density at radius 1 is 0.867 bits per heavy atom. The number of ether oxygens (including phenoxy) is 2. The second-order valence-corrected chi connectivity index (χ2v) is 12.0. The van der Waals surface area contributed by atoms with E-state index in [4.69, 9.17) is 21.1 Å². The lowest BCUT2D eigenvalue weighted by molar-refractivity contribution is -0.130. The summed E-state index contributed by atoms with van der Waals surface area (Å²) in [5.41, 5.74) is 8.22. The Hall–Kier alpha value is -4.55. The Labute approximate surface area is 270 Å². The van der Waals surface area contributed by atoms with Crippen LogP contribution in [0.4, 0.5) is 0 Å². The molecular weight excluding hydrogens is 584 g/mol. The summed E-state index contributed by atoms with van der Waals surface area (Å²) >= 11 is 6.07. The van der Waals surface area contributed by atoms with Gasteiger partial charge in [-0.15, -0.1) is 0 Å². The first-order chi connectivity index (χ1) is 21.6. The van der Waals surface area contributed by atoms with Crippen LogP contribution in [0, 0.1) is 27.7 Å². The fraction of sp³-hybridized carbons (Fsp3) is 0.263. The molecule has 1 amide bonds. The van der Waals surface area contributed by atoms with Crippen LogP contribution in [0.25, 0.3) is 10.9 Å². The highest BCUT2D eigenvalue weighted by Crippen LogP contribution is 2.32. The summed E-state index contributed by atoms with van der Waals surface area (Å²) in [7, 11) is 1.61. The minimum Gasteiger partial charge on any atom is -0.497 e. The van der Waals surface area contributed by atoms with E-state index in [-0.39, 0.29) is 18.2 Å². The summed E-state index contributed by atoms with van der Waals surface area (Å²) in [5.74, 6) is 1.34. The topological polar surface area (TPSA) is 60.8 Å². The van der Waals surface area contributed by atoms with Crippen molar-refractivity contribution in [3.8, 4) is 11.5 Å². The molecule has 6 nitrogen and oxygen atoms in total. The third-order valence-corrected chi connectivity index (χ3v) is 8.51. The van der Waals surface area contributed by atoms with Crippen molar-refractivity contribution >= 4 is 34.3 Å². The van der Waals surface area contributed by atoms with Crippen LogP contribution in [-0.2, 0) is 24.4 Å². The lowest BCUT2D eigenvalue weighted by Gasteiger charge is -2.23. The molecule has 0 aliphatic carbocycles. The van der Waals surface area contributed by atoms with Crippen LogP contribution in [0.3, 0.4) is 0 Å². The fourth-order valence-electron chi connectivity index (χ4n) is 5.97. The second kappa shape index (κ2) is 13.6. The van der Waals surface area contributed by atoms with Gasteiger partial charge in [-0.25, -0.2) is 0 Å². The first-order valence-corrected chi connectivity index (χ1v) is 15.5. The number of amides is 1. The summed E-state index contributed by atoms with van der Waals surface area (Å²) in [6.45, 7) is 11.6. The van der Waals surface area contributed by atoms with E-state index in [9.17, 15) is 9.59 Å². The van der Waals surface area contributed by atoms with Crippen LogP contribution in [-0.4, -0.2) is 34.9 Å². The normalized spacial score (nSPS) is 11.1. The Balaban J connectivity index is 1.39. The maximum atomic E-state index is 13.9. The quantitative estimate of drug-likeness (QED) is 0.157. The molecule has 0 spiro atoms. The average molecular weight is 623 g/mol. The van der Waals surface area contributed by atoms with E-state index in [0.29, 0.717) is 36.0 Å². The van der Waals surface area contributed by atoms with Gasteiger partial charge in [-0.1, -0.05) is 53.6 Å². The number of likely N-dealkylation sites (N-methyl/N-ethyl adjacent to an activating group) is 1. The molecule has 1 heterocycles. The van der Waals surface area contributed by atoms with Crippen molar-refractivity contribution in [2.24, 2.45) is 0 Å². The van der Waals surface area contributed by atoms with Crippen LogP contribution in [0.1, 0.15) is 56.4 Å². The highest BCUT2D eigenvalue weighted by molar-refractivity contribution is 6.30. The number of fused-ring (bicyclic) bond motifs is 1. The number of benzene rings is 4. The van der Waals surface area contributed by atoms with E-state index in [2.05, 4.69) is 37.3 Å². The average Bonchev–Trinajstić information content (AvgIpc) is 3.29. The van der Waals surface area contributed by atoms with Crippen molar-refractivity contribution in [1.29, 1.82) is 0 Å². The first-order valence-electron chi connectivity index (χ1n) is 15.1. The maximum Gasteiger partial charge on any atom is 0.262 e. The van der Waals surface area contributed by atoms with E-state index >= 15 is 0 Å². The molecule has 0 aliphatic heterocycles. The zero-order chi connectivity index (χ0) is 32.2. The molecule has 0 aliphatic rings. The van der Waals surface area contributed by atoms with Crippen LogP contribution in [0.2, 0.25) is 5.02 Å². The fourth-order valence-corrected chi connectivity index (χ4v) is 6.10. The molecule has 0 radical (unpaired) electrons. The van der Waals surface area contributed by atoms with Crippen LogP contribution in [0.15, 0.2) is 78.9 Å². The molecule has 0 saturated carbocycles. The number of methoxy groups -OCH3 is 1. The van der Waals surface area contributed by atoms with Gasteiger partial charge in [0.05, 0.1) is 19.0 Å². The van der Waals surface area contributed by atoms with Crippen molar-refractivity contribution in [3.63, 3.8) is 0 Å². The minimum absolute atomic E-state index is 0.0171. The second-order valence-electron chi connectivity index (χ2n) is 11.5. The van der Waals surface area contributed by atoms with E-state index in [0.717, 1.165) is 50.2 Å². The van der Waals surface area contributed by atoms with Gasteiger partial charge >= 0.3 is 0 Å². The molecule has 5 aromatic rings. The van der Waals surface area contributed by atoms with Crippen LogP contribution >= 0.6 is 11.6 Å². The Kier molecular flexibility index (Phi) is 9.64. The van der Waals surface area contributed by atoms with Gasteiger partial charge in [0, 0.05) is 34.8 Å². The molecule has 0 unspecified atom stereocenters. The predicted molar refractivity (Wildman–Crippen MR) is 181 cm³/mol. The van der Waals surface area contributed by atoms with Gasteiger partial charge in [0.15, 0.2) is 0 Å². The number of rotatable bonds is 10. The Morgan fingerprint density at radius 3 is 2.22 bits per heavy atom. The van der Waals surface area contributed by atoms with Gasteiger partial charge < -0.3 is 14.4 Å². The van der Waals surface area contributed by atoms with Crippen molar-refractivity contribution in [2.45, 2.75) is 54.2 Å². The van der Waals surface area contributed by atoms with Crippen LogP contribution < -0.4 is 9.47 Å². The third-order valence-electron chi connectivity index (χ3n) is 8.26. The largest absolute Gasteiger partial charge is 0.497 e. The number of hydrogen-bond donors (Lipinski definition) is 0. The molecule has 0 saturated heterocycles. The summed E-state index contributed by atoms with van der Waals surface area (Å²) in [6.07, 6.45) is 0.153. The summed E-state index contributed by atoms with van der Waals surface area (Å²) in [6, 6.07) is 24.9. The Bertz CT molecular complexity index is 1850. The molecule has 0 N–H and O–H groups in total. The molecule has 4 aromatic carbocycles. The number of aromatic nitrogens is 1. The molecule has 0 atom stereocenters. The summed E-state index contributed by atoms with van der Waals surface area (Å²) < 4.78 is 13.4. The predicted octanol–water partition coefficient (Wildman–Crippen LogP) is 8.40. The van der Waals surface area contributed by atoms with Crippen molar-refractivity contribution in [2.75, 3.05) is 13.7 Å². The molecule has 45 heavy (non-hydrogen) atoms. The maximum absolute atomic E-state index is 13.9. The third kappa shape index (κ3) is 6.91. The van der Waals surface area contributed by atoms with E-state index in [1.54, 1.807) is 35.9 Å². The van der Waals surface area contributed by atoms with E-state index < -0.39 is 0 Å². The zero-order valence-corrected chi connectivity index (χ0v) is 27.5. The number of nitrogens with zero attached hydrogens (tertiary/aromatic N) is 2. The van der Waals surface area contributed by atoms with Crippen molar-refractivity contribution < 1.29 is 19.1 Å². The molecule has 1 aromatic heterocycles. The lowest BCUT2D eigenvalue weighted by Crippen LogP contribution is -2.32. The van der Waals surface area contributed by atoms with Crippen molar-refractivity contribution in [3.05, 3.63) is 129 Å². The van der Waals surface area contributed by atoms with E-state index in [1.165, 1.54) is 5.56 Å². The number of aryl methyl sites for hydroxylation is 3. The lowest BCUT2D eigenvalue weighted by atomic mass is 10.0. The van der Waals surface area contributed by atoms with Gasteiger partial charge in [-0.3, -0.25) is 14.2 Å². The highest BCUT2D eigenvalue weighted by atomic mass is 35.5. The van der Waals surface area contributed by atoms with E-state index in [1.807, 2.05) is 56.9 Å². The molecule has 0 bridgehead atoms. The van der Waals surface area contributed by atoms with Gasteiger partial charge in [-0.05, 0) is 105 Å². The zero-order valence-electron chi connectivity index (χ0n) is 26.7. The number of halogens is 1. The molecular formula is C38H39ClN2O4. The number of carbonyl (C=O) groups is 2. The van der Waals surface area contributed by atoms with Crippen LogP contribution in [0.5, 0.6) is 11.5 Å². The SMILES string of the molecule is CCN(Cc1cc(C)c(OCc2cccc(C)c2)c(C)c1)C(=O)Cc1c(C)n(C(=O)c2ccc(Cl)cc2)c2ccc(OC)cc12. The smallest absolute Gasteiger partial charge is 0.262 e. The van der Waals surface area contributed by atoms with Gasteiger partial charge in [-0.2, -0.15) is 0 Å². The monoisotopic (exact) mass is 622 g/mol. The highest BCUT2D eigenvalue weighted by Gasteiger charge is 2.24. The summed E-state index contributed by atoms with van der Waals surface area (Å²) in [5, 5.41) is 1.38. The first kappa shape index (κ1) is 31.9.